The third-order valence-corrected chi connectivity index (χ3v) is 5.44. The Kier molecular flexibility index (Phi) is 13.6. The third kappa shape index (κ3) is 10.9. The van der Waals surface area contributed by atoms with Crippen LogP contribution in [0.15, 0.2) is 35.3 Å². The van der Waals surface area contributed by atoms with Gasteiger partial charge in [0.15, 0.2) is 0 Å². The molecule has 1 atom stereocenters. The van der Waals surface area contributed by atoms with Crippen LogP contribution >= 0.6 is 11.8 Å². The fourth-order valence-electron chi connectivity index (χ4n) is 2.91. The van der Waals surface area contributed by atoms with Crippen molar-refractivity contribution in [2.45, 2.75) is 45.6 Å². The second kappa shape index (κ2) is 15.8. The first kappa shape index (κ1) is 25.0. The SMILES string of the molecule is C/C=C\CS/C=C(\C/C=C\C)CC(NC(=O)C1CCNCC1)C(=O)NCNC=O. The molecular formula is C21H34N4O3S. The van der Waals surface area contributed by atoms with Gasteiger partial charge in [0.1, 0.15) is 6.04 Å². The average Bonchev–Trinajstić information content (AvgIpc) is 2.74. The minimum atomic E-state index is -0.676. The van der Waals surface area contributed by atoms with Crippen LogP contribution in [0, 0.1) is 5.92 Å². The van der Waals surface area contributed by atoms with Crippen molar-refractivity contribution in [1.29, 1.82) is 0 Å². The summed E-state index contributed by atoms with van der Waals surface area (Å²) in [5.41, 5.74) is 1.08. The molecule has 0 aliphatic carbocycles. The Labute approximate surface area is 178 Å². The highest BCUT2D eigenvalue weighted by Gasteiger charge is 2.27. The van der Waals surface area contributed by atoms with Crippen molar-refractivity contribution in [2.24, 2.45) is 5.92 Å². The fraction of sp³-hybridized carbons (Fsp3) is 0.571. The van der Waals surface area contributed by atoms with E-state index in [0.29, 0.717) is 12.8 Å². The number of carbonyl (C=O) groups excluding carboxylic acids is 3. The van der Waals surface area contributed by atoms with Crippen molar-refractivity contribution in [3.63, 3.8) is 0 Å². The third-order valence-electron chi connectivity index (χ3n) is 4.55. The molecule has 0 bridgehead atoms. The van der Waals surface area contributed by atoms with E-state index in [0.717, 1.165) is 43.7 Å². The van der Waals surface area contributed by atoms with Gasteiger partial charge in [0.05, 0.1) is 6.67 Å². The number of amides is 3. The predicted molar refractivity (Wildman–Crippen MR) is 119 cm³/mol. The monoisotopic (exact) mass is 422 g/mol. The lowest BCUT2D eigenvalue weighted by molar-refractivity contribution is -0.131. The molecule has 1 rings (SSSR count). The Balaban J connectivity index is 2.84. The molecule has 0 spiro atoms. The smallest absolute Gasteiger partial charge is 0.244 e. The molecule has 0 saturated carbocycles. The molecule has 0 aromatic carbocycles. The molecule has 1 aliphatic heterocycles. The highest BCUT2D eigenvalue weighted by molar-refractivity contribution is 8.02. The van der Waals surface area contributed by atoms with E-state index in [1.807, 2.05) is 32.1 Å². The molecule has 1 heterocycles. The van der Waals surface area contributed by atoms with Crippen LogP contribution in [0.3, 0.4) is 0 Å². The topological polar surface area (TPSA) is 99.3 Å². The van der Waals surface area contributed by atoms with E-state index in [2.05, 4.69) is 32.8 Å². The predicted octanol–water partition coefficient (Wildman–Crippen LogP) is 1.84. The summed E-state index contributed by atoms with van der Waals surface area (Å²) in [4.78, 5) is 35.8. The van der Waals surface area contributed by atoms with Gasteiger partial charge in [-0.3, -0.25) is 14.4 Å². The first-order valence-electron chi connectivity index (χ1n) is 10.1. The quantitative estimate of drug-likeness (QED) is 0.157. The van der Waals surface area contributed by atoms with Gasteiger partial charge in [-0.05, 0) is 58.0 Å². The molecule has 0 aromatic rings. The maximum absolute atomic E-state index is 12.7. The van der Waals surface area contributed by atoms with Crippen LogP contribution in [-0.4, -0.2) is 49.8 Å². The van der Waals surface area contributed by atoms with Crippen LogP contribution in [0.4, 0.5) is 0 Å². The number of hydrogen-bond donors (Lipinski definition) is 4. The average molecular weight is 423 g/mol. The normalized spacial score (nSPS) is 16.7. The van der Waals surface area contributed by atoms with Gasteiger partial charge < -0.3 is 21.3 Å². The van der Waals surface area contributed by atoms with E-state index in [1.165, 1.54) is 0 Å². The first-order valence-corrected chi connectivity index (χ1v) is 11.1. The van der Waals surface area contributed by atoms with E-state index in [1.54, 1.807) is 11.8 Å². The molecule has 1 saturated heterocycles. The van der Waals surface area contributed by atoms with Crippen LogP contribution in [-0.2, 0) is 14.4 Å². The summed E-state index contributed by atoms with van der Waals surface area (Å²) in [6.07, 6.45) is 11.3. The summed E-state index contributed by atoms with van der Waals surface area (Å²) in [5.74, 6) is 0.400. The van der Waals surface area contributed by atoms with E-state index >= 15 is 0 Å². The van der Waals surface area contributed by atoms with Crippen LogP contribution in [0.25, 0.3) is 0 Å². The second-order valence-electron chi connectivity index (χ2n) is 6.78. The van der Waals surface area contributed by atoms with E-state index in [4.69, 9.17) is 0 Å². The zero-order chi connectivity index (χ0) is 21.3. The number of piperidine rings is 1. The van der Waals surface area contributed by atoms with Gasteiger partial charge in [-0.15, -0.1) is 11.8 Å². The maximum Gasteiger partial charge on any atom is 0.244 e. The number of thioether (sulfide) groups is 1. The van der Waals surface area contributed by atoms with Crippen LogP contribution in [0.5, 0.6) is 0 Å². The van der Waals surface area contributed by atoms with Gasteiger partial charge in [-0.1, -0.05) is 29.9 Å². The Morgan fingerprint density at radius 2 is 1.90 bits per heavy atom. The van der Waals surface area contributed by atoms with Crippen molar-refractivity contribution in [3.8, 4) is 0 Å². The van der Waals surface area contributed by atoms with Gasteiger partial charge in [0.2, 0.25) is 18.2 Å². The molecule has 7 nitrogen and oxygen atoms in total. The summed E-state index contributed by atoms with van der Waals surface area (Å²) >= 11 is 1.66. The molecule has 29 heavy (non-hydrogen) atoms. The summed E-state index contributed by atoms with van der Waals surface area (Å²) in [7, 11) is 0. The maximum atomic E-state index is 12.7. The molecule has 3 amide bonds. The van der Waals surface area contributed by atoms with E-state index < -0.39 is 6.04 Å². The number of carbonyl (C=O) groups is 3. The number of allylic oxidation sites excluding steroid dienone is 3. The second-order valence-corrected chi connectivity index (χ2v) is 7.68. The minimum Gasteiger partial charge on any atom is -0.344 e. The summed E-state index contributed by atoms with van der Waals surface area (Å²) in [6.45, 7) is 5.60. The Morgan fingerprint density at radius 1 is 1.17 bits per heavy atom. The van der Waals surface area contributed by atoms with Gasteiger partial charge in [-0.2, -0.15) is 0 Å². The highest BCUT2D eigenvalue weighted by atomic mass is 32.2. The van der Waals surface area contributed by atoms with E-state index in [-0.39, 0.29) is 24.4 Å². The highest BCUT2D eigenvalue weighted by Crippen LogP contribution is 2.19. The van der Waals surface area contributed by atoms with Crippen molar-refractivity contribution in [3.05, 3.63) is 35.3 Å². The van der Waals surface area contributed by atoms with Crippen LogP contribution in [0.1, 0.15) is 39.5 Å². The van der Waals surface area contributed by atoms with Crippen molar-refractivity contribution >= 4 is 30.0 Å². The van der Waals surface area contributed by atoms with Crippen LogP contribution < -0.4 is 21.3 Å². The van der Waals surface area contributed by atoms with Gasteiger partial charge >= 0.3 is 0 Å². The lowest BCUT2D eigenvalue weighted by Gasteiger charge is -2.25. The van der Waals surface area contributed by atoms with E-state index in [9.17, 15) is 14.4 Å². The summed E-state index contributed by atoms with van der Waals surface area (Å²) < 4.78 is 0. The lowest BCUT2D eigenvalue weighted by Crippen LogP contribution is -2.51. The number of rotatable bonds is 13. The van der Waals surface area contributed by atoms with Gasteiger partial charge in [0, 0.05) is 11.7 Å². The van der Waals surface area contributed by atoms with Crippen molar-refractivity contribution < 1.29 is 14.4 Å². The molecule has 162 valence electrons. The zero-order valence-corrected chi connectivity index (χ0v) is 18.2. The zero-order valence-electron chi connectivity index (χ0n) is 17.4. The summed E-state index contributed by atoms with van der Waals surface area (Å²) in [5, 5.41) is 13.3. The van der Waals surface area contributed by atoms with Gasteiger partial charge in [-0.25, -0.2) is 0 Å². The van der Waals surface area contributed by atoms with Crippen molar-refractivity contribution in [1.82, 2.24) is 21.3 Å². The molecule has 0 aromatic heterocycles. The Bertz CT molecular complexity index is 599. The molecule has 0 radical (unpaired) electrons. The largest absolute Gasteiger partial charge is 0.344 e. The molecule has 8 heteroatoms. The molecule has 4 N–H and O–H groups in total. The first-order chi connectivity index (χ1) is 14.1. The standard InChI is InChI=1S/C21H34N4O3S/c1-3-5-7-17(14-29-12-6-4-2)13-19(21(28)24-15-23-16-26)25-20(27)18-8-10-22-11-9-18/h3-6,14,16,18-19,22H,7-13,15H2,1-2H3,(H,23,26)(H,24,28)(H,25,27)/b5-3-,6-4-,17-14+. The van der Waals surface area contributed by atoms with Gasteiger partial charge in [0.25, 0.3) is 0 Å². The summed E-state index contributed by atoms with van der Waals surface area (Å²) in [6, 6.07) is -0.676. The number of nitrogens with one attached hydrogen (secondary N) is 4. The minimum absolute atomic E-state index is 0.0337. The number of hydrogen-bond acceptors (Lipinski definition) is 5. The van der Waals surface area contributed by atoms with Crippen LogP contribution in [0.2, 0.25) is 0 Å². The Morgan fingerprint density at radius 3 is 2.55 bits per heavy atom. The Hall–Kier alpha value is -2.06. The molecule has 1 fully saturated rings. The fourth-order valence-corrected chi connectivity index (χ4v) is 3.74. The lowest BCUT2D eigenvalue weighted by atomic mass is 9.96. The molecular weight excluding hydrogens is 388 g/mol. The molecule has 1 unspecified atom stereocenters. The molecule has 1 aliphatic rings. The van der Waals surface area contributed by atoms with Crippen molar-refractivity contribution in [2.75, 3.05) is 25.5 Å².